The molecule has 0 spiro atoms. The third kappa shape index (κ3) is 4.31. The highest BCUT2D eigenvalue weighted by atomic mass is 16.5. The minimum Gasteiger partial charge on any atom is -0.379 e. The zero-order valence-electron chi connectivity index (χ0n) is 13.7. The van der Waals surface area contributed by atoms with E-state index in [1.165, 1.54) is 5.56 Å². The van der Waals surface area contributed by atoms with Crippen molar-refractivity contribution in [2.45, 2.75) is 13.0 Å². The Hall–Kier alpha value is -2.44. The number of nitrogens with one attached hydrogen (secondary N) is 2. The first-order chi connectivity index (χ1) is 11.7. The Morgan fingerprint density at radius 2 is 1.62 bits per heavy atom. The summed E-state index contributed by atoms with van der Waals surface area (Å²) in [7, 11) is 0. The Balaban J connectivity index is 1.57. The molecule has 1 saturated heterocycles. The minimum atomic E-state index is -0.268. The van der Waals surface area contributed by atoms with Gasteiger partial charge in [0.05, 0.1) is 13.2 Å². The van der Waals surface area contributed by atoms with E-state index in [1.807, 2.05) is 12.1 Å². The first kappa shape index (κ1) is 16.4. The maximum Gasteiger partial charge on any atom is 0.323 e. The lowest BCUT2D eigenvalue weighted by Gasteiger charge is -2.32. The zero-order chi connectivity index (χ0) is 16.8. The number of urea groups is 1. The van der Waals surface area contributed by atoms with E-state index in [-0.39, 0.29) is 6.03 Å². The van der Waals surface area contributed by atoms with Gasteiger partial charge < -0.3 is 15.4 Å². The molecule has 1 fully saturated rings. The molecule has 2 N–H and O–H groups in total. The number of carbonyl (C=O) groups excluding carboxylic acids is 1. The van der Waals surface area contributed by atoms with Gasteiger partial charge in [-0.3, -0.25) is 9.88 Å². The molecule has 2 amide bonds. The number of pyridine rings is 1. The molecule has 1 aromatic heterocycles. The molecule has 2 heterocycles. The Labute approximate surface area is 141 Å². The second-order valence-corrected chi connectivity index (χ2v) is 5.76. The smallest absolute Gasteiger partial charge is 0.323 e. The predicted octanol–water partition coefficient (Wildman–Crippen LogP) is 3.12. The minimum absolute atomic E-state index is 0.268. The molecule has 0 aliphatic carbocycles. The van der Waals surface area contributed by atoms with Crippen molar-refractivity contribution in [2.24, 2.45) is 0 Å². The lowest BCUT2D eigenvalue weighted by atomic mass is 10.1. The van der Waals surface area contributed by atoms with Gasteiger partial charge in [0.25, 0.3) is 0 Å². The first-order valence-corrected chi connectivity index (χ1v) is 8.12. The van der Waals surface area contributed by atoms with Crippen LogP contribution in [0.5, 0.6) is 0 Å². The SMILES string of the molecule is CC(c1ccc(NC(=O)Nc2ccncc2)cc1)N1CCOCC1. The number of aromatic nitrogens is 1. The van der Waals surface area contributed by atoms with Crippen LogP contribution < -0.4 is 10.6 Å². The largest absolute Gasteiger partial charge is 0.379 e. The predicted molar refractivity (Wildman–Crippen MR) is 94.1 cm³/mol. The molecule has 3 rings (SSSR count). The van der Waals surface area contributed by atoms with Gasteiger partial charge in [-0.25, -0.2) is 4.79 Å². The van der Waals surface area contributed by atoms with E-state index in [1.54, 1.807) is 24.5 Å². The van der Waals surface area contributed by atoms with Gasteiger partial charge in [-0.1, -0.05) is 12.1 Å². The zero-order valence-corrected chi connectivity index (χ0v) is 13.7. The highest BCUT2D eigenvalue weighted by molar-refractivity contribution is 5.99. The number of carbonyl (C=O) groups is 1. The molecule has 1 atom stereocenters. The van der Waals surface area contributed by atoms with Gasteiger partial charge in [-0.2, -0.15) is 0 Å². The van der Waals surface area contributed by atoms with Crippen LogP contribution in [-0.4, -0.2) is 42.2 Å². The fourth-order valence-electron chi connectivity index (χ4n) is 2.75. The molecule has 0 bridgehead atoms. The summed E-state index contributed by atoms with van der Waals surface area (Å²) in [6.45, 7) is 5.69. The first-order valence-electron chi connectivity index (χ1n) is 8.12. The maximum absolute atomic E-state index is 12.0. The van der Waals surface area contributed by atoms with Crippen molar-refractivity contribution in [2.75, 3.05) is 36.9 Å². The Kier molecular flexibility index (Phi) is 5.40. The number of benzene rings is 1. The van der Waals surface area contributed by atoms with E-state index in [2.05, 4.69) is 39.6 Å². The van der Waals surface area contributed by atoms with Crippen LogP contribution in [0.15, 0.2) is 48.8 Å². The van der Waals surface area contributed by atoms with Gasteiger partial charge in [0, 0.05) is 42.9 Å². The summed E-state index contributed by atoms with van der Waals surface area (Å²) in [4.78, 5) is 18.3. The van der Waals surface area contributed by atoms with Crippen LogP contribution in [0.1, 0.15) is 18.5 Å². The van der Waals surface area contributed by atoms with Crippen LogP contribution in [0, 0.1) is 0 Å². The van der Waals surface area contributed by atoms with Crippen LogP contribution in [0.25, 0.3) is 0 Å². The number of hydrogen-bond acceptors (Lipinski definition) is 4. The van der Waals surface area contributed by atoms with E-state index in [9.17, 15) is 4.79 Å². The van der Waals surface area contributed by atoms with E-state index in [0.717, 1.165) is 32.0 Å². The summed E-state index contributed by atoms with van der Waals surface area (Å²) in [5, 5.41) is 5.60. The van der Waals surface area contributed by atoms with Crippen molar-refractivity contribution in [3.05, 3.63) is 54.4 Å². The third-order valence-corrected chi connectivity index (χ3v) is 4.18. The van der Waals surface area contributed by atoms with E-state index < -0.39 is 0 Å². The Morgan fingerprint density at radius 3 is 2.25 bits per heavy atom. The quantitative estimate of drug-likeness (QED) is 0.906. The van der Waals surface area contributed by atoms with Crippen LogP contribution in [0.2, 0.25) is 0 Å². The Bertz CT molecular complexity index is 654. The van der Waals surface area contributed by atoms with Crippen molar-refractivity contribution in [1.29, 1.82) is 0 Å². The van der Waals surface area contributed by atoms with Crippen molar-refractivity contribution in [3.63, 3.8) is 0 Å². The molecule has 1 aliphatic rings. The number of nitrogens with zero attached hydrogens (tertiary/aromatic N) is 2. The maximum atomic E-state index is 12.0. The monoisotopic (exact) mass is 326 g/mol. The lowest BCUT2D eigenvalue weighted by molar-refractivity contribution is 0.0198. The molecular formula is C18H22N4O2. The summed E-state index contributed by atoms with van der Waals surface area (Å²) in [6, 6.07) is 11.5. The van der Waals surface area contributed by atoms with Crippen molar-refractivity contribution >= 4 is 17.4 Å². The lowest BCUT2D eigenvalue weighted by Crippen LogP contribution is -2.38. The van der Waals surface area contributed by atoms with Gasteiger partial charge in [0.2, 0.25) is 0 Å². The van der Waals surface area contributed by atoms with Gasteiger partial charge in [0.15, 0.2) is 0 Å². The van der Waals surface area contributed by atoms with Gasteiger partial charge in [0.1, 0.15) is 0 Å². The molecule has 1 aliphatic heterocycles. The third-order valence-electron chi connectivity index (χ3n) is 4.18. The summed E-state index contributed by atoms with van der Waals surface area (Å²) < 4.78 is 5.40. The molecule has 0 saturated carbocycles. The summed E-state index contributed by atoms with van der Waals surface area (Å²) in [6.07, 6.45) is 3.27. The highest BCUT2D eigenvalue weighted by Gasteiger charge is 2.18. The molecule has 1 unspecified atom stereocenters. The molecule has 6 heteroatoms. The van der Waals surface area contributed by atoms with Crippen molar-refractivity contribution in [3.8, 4) is 0 Å². The number of anilines is 2. The molecule has 0 radical (unpaired) electrons. The molecule has 24 heavy (non-hydrogen) atoms. The standard InChI is InChI=1S/C18H22N4O2/c1-14(22-10-12-24-13-11-22)15-2-4-16(5-3-15)20-18(23)21-17-6-8-19-9-7-17/h2-9,14H,10-13H2,1H3,(H2,19,20,21,23). The van der Waals surface area contributed by atoms with E-state index in [0.29, 0.717) is 11.7 Å². The van der Waals surface area contributed by atoms with Crippen molar-refractivity contribution in [1.82, 2.24) is 9.88 Å². The summed E-state index contributed by atoms with van der Waals surface area (Å²) >= 11 is 0. The second kappa shape index (κ2) is 7.90. The van der Waals surface area contributed by atoms with Crippen LogP contribution in [0.3, 0.4) is 0 Å². The molecule has 126 valence electrons. The number of amides is 2. The Morgan fingerprint density at radius 1 is 1.04 bits per heavy atom. The molecule has 6 nitrogen and oxygen atoms in total. The van der Waals surface area contributed by atoms with Gasteiger partial charge >= 0.3 is 6.03 Å². The van der Waals surface area contributed by atoms with Crippen molar-refractivity contribution < 1.29 is 9.53 Å². The van der Waals surface area contributed by atoms with Crippen LogP contribution in [-0.2, 0) is 4.74 Å². The second-order valence-electron chi connectivity index (χ2n) is 5.76. The van der Waals surface area contributed by atoms with Gasteiger partial charge in [-0.05, 0) is 36.8 Å². The van der Waals surface area contributed by atoms with Crippen LogP contribution in [0.4, 0.5) is 16.2 Å². The fourth-order valence-corrected chi connectivity index (χ4v) is 2.75. The number of ether oxygens (including phenoxy) is 1. The number of hydrogen-bond donors (Lipinski definition) is 2. The molecule has 2 aromatic rings. The molecular weight excluding hydrogens is 304 g/mol. The molecule has 1 aromatic carbocycles. The average molecular weight is 326 g/mol. The number of morpholine rings is 1. The van der Waals surface area contributed by atoms with Crippen LogP contribution >= 0.6 is 0 Å². The van der Waals surface area contributed by atoms with Gasteiger partial charge in [-0.15, -0.1) is 0 Å². The summed E-state index contributed by atoms with van der Waals surface area (Å²) in [5.41, 5.74) is 2.71. The summed E-state index contributed by atoms with van der Waals surface area (Å²) in [5.74, 6) is 0. The average Bonchev–Trinajstić information content (AvgIpc) is 2.63. The normalized spacial score (nSPS) is 16.4. The fraction of sp³-hybridized carbons (Fsp3) is 0.333. The van der Waals surface area contributed by atoms with E-state index >= 15 is 0 Å². The highest BCUT2D eigenvalue weighted by Crippen LogP contribution is 2.22. The number of rotatable bonds is 4. The topological polar surface area (TPSA) is 66.5 Å². The van der Waals surface area contributed by atoms with E-state index in [4.69, 9.17) is 4.74 Å².